The maximum absolute atomic E-state index is 11.8. The van der Waals surface area contributed by atoms with Crippen LogP contribution < -0.4 is 15.4 Å². The zero-order valence-corrected chi connectivity index (χ0v) is 18.8. The number of amides is 1. The van der Waals surface area contributed by atoms with Crippen LogP contribution in [0.1, 0.15) is 19.8 Å². The molecular weight excluding hydrogens is 467 g/mol. The van der Waals surface area contributed by atoms with E-state index >= 15 is 0 Å². The first-order valence-electron chi connectivity index (χ1n) is 9.56. The molecule has 0 saturated carbocycles. The molecule has 0 spiro atoms. The van der Waals surface area contributed by atoms with Crippen LogP contribution in [-0.2, 0) is 4.79 Å². The number of benzene rings is 2. The van der Waals surface area contributed by atoms with Gasteiger partial charge in [-0.2, -0.15) is 0 Å². The number of guanidine groups is 1. The first kappa shape index (κ1) is 22.3. The topological polar surface area (TPSA) is 66.0 Å². The van der Waals surface area contributed by atoms with E-state index in [1.807, 2.05) is 36.1 Å². The molecule has 2 aromatic carbocycles. The summed E-state index contributed by atoms with van der Waals surface area (Å²) in [4.78, 5) is 18.0. The first-order chi connectivity index (χ1) is 13.2. The number of halogens is 1. The predicted molar refractivity (Wildman–Crippen MR) is 125 cm³/mol. The minimum absolute atomic E-state index is 0. The number of carbonyl (C=O) groups is 1. The van der Waals surface area contributed by atoms with Gasteiger partial charge >= 0.3 is 0 Å². The van der Waals surface area contributed by atoms with Crippen molar-refractivity contribution >= 4 is 46.6 Å². The molecule has 1 fully saturated rings. The molecule has 6 nitrogen and oxygen atoms in total. The zero-order valence-electron chi connectivity index (χ0n) is 16.5. The Hall–Kier alpha value is -2.03. The zero-order chi connectivity index (χ0) is 19.1. The highest BCUT2D eigenvalue weighted by molar-refractivity contribution is 14.0. The lowest BCUT2D eigenvalue weighted by atomic mass is 10.1. The monoisotopic (exact) mass is 496 g/mol. The fourth-order valence-corrected chi connectivity index (χ4v) is 3.37. The van der Waals surface area contributed by atoms with Crippen LogP contribution in [0.25, 0.3) is 10.8 Å². The van der Waals surface area contributed by atoms with Gasteiger partial charge in [-0.3, -0.25) is 9.79 Å². The number of hydrogen-bond donors (Lipinski definition) is 2. The van der Waals surface area contributed by atoms with E-state index < -0.39 is 0 Å². The Morgan fingerprint density at radius 1 is 1.25 bits per heavy atom. The largest absolute Gasteiger partial charge is 0.491 e. The van der Waals surface area contributed by atoms with Crippen molar-refractivity contribution in [1.29, 1.82) is 0 Å². The second-order valence-corrected chi connectivity index (χ2v) is 6.65. The van der Waals surface area contributed by atoms with Crippen LogP contribution in [0.3, 0.4) is 0 Å². The number of aliphatic imine (C=N–C) groups is 1. The number of nitrogens with one attached hydrogen (secondary N) is 2. The van der Waals surface area contributed by atoms with Crippen LogP contribution in [-0.4, -0.2) is 56.1 Å². The van der Waals surface area contributed by atoms with Gasteiger partial charge in [0.05, 0.1) is 6.54 Å². The van der Waals surface area contributed by atoms with Crippen LogP contribution in [0, 0.1) is 0 Å². The van der Waals surface area contributed by atoms with Gasteiger partial charge in [-0.25, -0.2) is 0 Å². The third-order valence-corrected chi connectivity index (χ3v) is 4.81. The van der Waals surface area contributed by atoms with E-state index in [2.05, 4.69) is 33.8 Å². The molecule has 1 heterocycles. The third kappa shape index (κ3) is 5.73. The molecule has 1 saturated heterocycles. The van der Waals surface area contributed by atoms with Gasteiger partial charge in [0.25, 0.3) is 0 Å². The lowest BCUT2D eigenvalue weighted by Crippen LogP contribution is -2.46. The summed E-state index contributed by atoms with van der Waals surface area (Å²) in [7, 11) is 1.75. The Kier molecular flexibility index (Phi) is 8.82. The molecule has 28 heavy (non-hydrogen) atoms. The maximum Gasteiger partial charge on any atom is 0.222 e. The SMILES string of the molecule is CCC(=O)N1CCC(NC(=NC)NCCOc2cccc3ccccc23)C1.I. The van der Waals surface area contributed by atoms with Crippen molar-refractivity contribution < 1.29 is 9.53 Å². The van der Waals surface area contributed by atoms with E-state index in [9.17, 15) is 4.79 Å². The molecule has 0 aromatic heterocycles. The molecule has 0 aliphatic carbocycles. The number of fused-ring (bicyclic) bond motifs is 1. The summed E-state index contributed by atoms with van der Waals surface area (Å²) >= 11 is 0. The smallest absolute Gasteiger partial charge is 0.222 e. The van der Waals surface area contributed by atoms with Crippen molar-refractivity contribution in [2.24, 2.45) is 4.99 Å². The molecule has 3 rings (SSSR count). The van der Waals surface area contributed by atoms with Gasteiger partial charge in [0.15, 0.2) is 5.96 Å². The van der Waals surface area contributed by atoms with Gasteiger partial charge in [0, 0.05) is 38.0 Å². The number of ether oxygens (including phenoxy) is 1. The second kappa shape index (κ2) is 11.1. The fraction of sp³-hybridized carbons (Fsp3) is 0.429. The van der Waals surface area contributed by atoms with Crippen molar-refractivity contribution in [1.82, 2.24) is 15.5 Å². The summed E-state index contributed by atoms with van der Waals surface area (Å²) in [5.74, 6) is 1.85. The molecule has 1 atom stereocenters. The Morgan fingerprint density at radius 2 is 2.04 bits per heavy atom. The summed E-state index contributed by atoms with van der Waals surface area (Å²) in [5, 5.41) is 8.97. The van der Waals surface area contributed by atoms with Gasteiger partial charge in [0.1, 0.15) is 12.4 Å². The van der Waals surface area contributed by atoms with Crippen LogP contribution in [0.15, 0.2) is 47.5 Å². The average molecular weight is 496 g/mol. The summed E-state index contributed by atoms with van der Waals surface area (Å²) in [6.45, 7) is 4.64. The molecule has 1 unspecified atom stereocenters. The van der Waals surface area contributed by atoms with Crippen molar-refractivity contribution in [3.63, 3.8) is 0 Å². The first-order valence-corrected chi connectivity index (χ1v) is 9.56. The minimum Gasteiger partial charge on any atom is -0.491 e. The van der Waals surface area contributed by atoms with Crippen LogP contribution in [0.5, 0.6) is 5.75 Å². The van der Waals surface area contributed by atoms with E-state index in [4.69, 9.17) is 4.74 Å². The van der Waals surface area contributed by atoms with Gasteiger partial charge in [-0.15, -0.1) is 24.0 Å². The van der Waals surface area contributed by atoms with Crippen LogP contribution in [0.2, 0.25) is 0 Å². The standard InChI is InChI=1S/C21H28N4O2.HI/c1-3-20(26)25-13-11-17(15-25)24-21(22-2)23-12-14-27-19-10-6-8-16-7-4-5-9-18(16)19;/h4-10,17H,3,11-15H2,1-2H3,(H2,22,23,24);1H. The molecule has 0 bridgehead atoms. The van der Waals surface area contributed by atoms with Crippen molar-refractivity contribution in [3.05, 3.63) is 42.5 Å². The Bertz CT molecular complexity index is 807. The van der Waals surface area contributed by atoms with Gasteiger partial charge in [-0.1, -0.05) is 43.3 Å². The van der Waals surface area contributed by atoms with Gasteiger partial charge < -0.3 is 20.3 Å². The highest BCUT2D eigenvalue weighted by Crippen LogP contribution is 2.24. The third-order valence-electron chi connectivity index (χ3n) is 4.81. The number of likely N-dealkylation sites (tertiary alicyclic amines) is 1. The van der Waals surface area contributed by atoms with E-state index in [-0.39, 0.29) is 35.9 Å². The molecule has 2 aromatic rings. The Labute approximate surface area is 183 Å². The Morgan fingerprint density at radius 3 is 2.82 bits per heavy atom. The van der Waals surface area contributed by atoms with Gasteiger partial charge in [-0.05, 0) is 17.9 Å². The van der Waals surface area contributed by atoms with Crippen molar-refractivity contribution in [3.8, 4) is 5.75 Å². The molecular formula is C21H29IN4O2. The van der Waals surface area contributed by atoms with Crippen molar-refractivity contribution in [2.45, 2.75) is 25.8 Å². The number of carbonyl (C=O) groups excluding carboxylic acids is 1. The lowest BCUT2D eigenvalue weighted by molar-refractivity contribution is -0.129. The second-order valence-electron chi connectivity index (χ2n) is 6.65. The van der Waals surface area contributed by atoms with E-state index in [0.717, 1.165) is 36.6 Å². The average Bonchev–Trinajstić information content (AvgIpc) is 3.18. The summed E-state index contributed by atoms with van der Waals surface area (Å²) < 4.78 is 5.95. The van der Waals surface area contributed by atoms with E-state index in [0.29, 0.717) is 19.6 Å². The molecule has 1 aliphatic rings. The van der Waals surface area contributed by atoms with Crippen LogP contribution in [0.4, 0.5) is 0 Å². The molecule has 7 heteroatoms. The van der Waals surface area contributed by atoms with Gasteiger partial charge in [0.2, 0.25) is 5.91 Å². The summed E-state index contributed by atoms with van der Waals surface area (Å²) in [6, 6.07) is 14.5. The van der Waals surface area contributed by atoms with E-state index in [1.165, 1.54) is 5.39 Å². The molecule has 1 aliphatic heterocycles. The quantitative estimate of drug-likeness (QED) is 0.280. The minimum atomic E-state index is 0. The predicted octanol–water partition coefficient (Wildman–Crippen LogP) is 3.01. The number of rotatable bonds is 6. The number of hydrogen-bond acceptors (Lipinski definition) is 3. The lowest BCUT2D eigenvalue weighted by Gasteiger charge is -2.19. The highest BCUT2D eigenvalue weighted by Gasteiger charge is 2.25. The maximum atomic E-state index is 11.8. The van der Waals surface area contributed by atoms with Crippen molar-refractivity contribution in [2.75, 3.05) is 33.3 Å². The van der Waals surface area contributed by atoms with E-state index in [1.54, 1.807) is 7.05 Å². The fourth-order valence-electron chi connectivity index (χ4n) is 3.37. The summed E-state index contributed by atoms with van der Waals surface area (Å²) in [5.41, 5.74) is 0. The highest BCUT2D eigenvalue weighted by atomic mass is 127. The summed E-state index contributed by atoms with van der Waals surface area (Å²) in [6.07, 6.45) is 1.50. The molecule has 1 amide bonds. The van der Waals surface area contributed by atoms with Crippen LogP contribution >= 0.6 is 24.0 Å². The molecule has 152 valence electrons. The molecule has 0 radical (unpaired) electrons. The molecule has 2 N–H and O–H groups in total. The number of nitrogens with zero attached hydrogens (tertiary/aromatic N) is 2. The Balaban J connectivity index is 0.00000280. The normalized spacial score (nSPS) is 16.6.